The summed E-state index contributed by atoms with van der Waals surface area (Å²) >= 11 is 0. The Morgan fingerprint density at radius 2 is 2.00 bits per heavy atom. The second kappa shape index (κ2) is 6.80. The molecule has 0 bridgehead atoms. The maximum absolute atomic E-state index is 12.5. The van der Waals surface area contributed by atoms with Crippen molar-refractivity contribution in [1.29, 1.82) is 0 Å². The average molecular weight is 292 g/mol. The molecule has 0 aliphatic heterocycles. The fourth-order valence-electron chi connectivity index (χ4n) is 2.93. The second-order valence-corrected chi connectivity index (χ2v) is 5.59. The quantitative estimate of drug-likeness (QED) is 0.891. The van der Waals surface area contributed by atoms with Crippen molar-refractivity contribution in [1.82, 2.24) is 10.2 Å². The predicted octanol–water partition coefficient (Wildman–Crippen LogP) is 2.00. The second-order valence-electron chi connectivity index (χ2n) is 5.59. The Balaban J connectivity index is 2.06. The lowest BCUT2D eigenvalue weighted by molar-refractivity contribution is 0.0682. The van der Waals surface area contributed by atoms with Gasteiger partial charge in [-0.3, -0.25) is 4.79 Å². The summed E-state index contributed by atoms with van der Waals surface area (Å²) in [6, 6.07) is 5.58. The molecule has 0 radical (unpaired) electrons. The van der Waals surface area contributed by atoms with Crippen molar-refractivity contribution >= 4 is 5.91 Å². The van der Waals surface area contributed by atoms with Crippen molar-refractivity contribution in [2.75, 3.05) is 21.2 Å². The van der Waals surface area contributed by atoms with Gasteiger partial charge in [0.25, 0.3) is 5.91 Å². The molecule has 21 heavy (non-hydrogen) atoms. The molecule has 2 N–H and O–H groups in total. The molecule has 1 aliphatic carbocycles. The summed E-state index contributed by atoms with van der Waals surface area (Å²) in [5.41, 5.74) is 0.328. The Morgan fingerprint density at radius 1 is 1.33 bits per heavy atom. The van der Waals surface area contributed by atoms with Crippen LogP contribution < -0.4 is 10.1 Å². The SMILES string of the molecule is CNC1CCC(N(C)C(=O)c2ccc(OC)cc2O)CC1. The molecular formula is C16H24N2O3. The molecule has 0 unspecified atom stereocenters. The number of nitrogens with one attached hydrogen (secondary N) is 1. The first-order chi connectivity index (χ1) is 10.1. The van der Waals surface area contributed by atoms with Gasteiger partial charge in [-0.15, -0.1) is 0 Å². The van der Waals surface area contributed by atoms with Crippen LogP contribution in [-0.4, -0.2) is 49.2 Å². The molecule has 5 nitrogen and oxygen atoms in total. The number of ether oxygens (including phenoxy) is 1. The van der Waals surface area contributed by atoms with Crippen LogP contribution in [0.3, 0.4) is 0 Å². The molecule has 1 aromatic rings. The van der Waals surface area contributed by atoms with E-state index in [-0.39, 0.29) is 17.7 Å². The highest BCUT2D eigenvalue weighted by molar-refractivity contribution is 5.97. The standard InChI is InChI=1S/C16H24N2O3/c1-17-11-4-6-12(7-5-11)18(2)16(20)14-9-8-13(21-3)10-15(14)19/h8-12,17,19H,4-7H2,1-3H3. The van der Waals surface area contributed by atoms with E-state index >= 15 is 0 Å². The number of phenolic OH excluding ortho intramolecular Hbond substituents is 1. The van der Waals surface area contributed by atoms with Crippen LogP contribution in [0.2, 0.25) is 0 Å². The first-order valence-corrected chi connectivity index (χ1v) is 7.38. The number of rotatable bonds is 4. The zero-order valence-electron chi connectivity index (χ0n) is 12.9. The van der Waals surface area contributed by atoms with Crippen LogP contribution >= 0.6 is 0 Å². The highest BCUT2D eigenvalue weighted by Crippen LogP contribution is 2.27. The summed E-state index contributed by atoms with van der Waals surface area (Å²) in [5.74, 6) is 0.374. The van der Waals surface area contributed by atoms with Crippen molar-refractivity contribution in [2.45, 2.75) is 37.8 Å². The number of carbonyl (C=O) groups excluding carboxylic acids is 1. The van der Waals surface area contributed by atoms with Crippen LogP contribution in [-0.2, 0) is 0 Å². The monoisotopic (exact) mass is 292 g/mol. The van der Waals surface area contributed by atoms with Gasteiger partial charge in [0.2, 0.25) is 0 Å². The van der Waals surface area contributed by atoms with E-state index in [1.807, 2.05) is 14.1 Å². The Bertz CT molecular complexity index is 496. The summed E-state index contributed by atoms with van der Waals surface area (Å²) in [7, 11) is 5.33. The molecule has 116 valence electrons. The molecule has 2 rings (SSSR count). The van der Waals surface area contributed by atoms with E-state index < -0.39 is 0 Å². The number of hydrogen-bond donors (Lipinski definition) is 2. The van der Waals surface area contributed by atoms with Gasteiger partial charge < -0.3 is 20.1 Å². The molecule has 0 aromatic heterocycles. The third kappa shape index (κ3) is 3.47. The van der Waals surface area contributed by atoms with Crippen molar-refractivity contribution < 1.29 is 14.6 Å². The normalized spacial score (nSPS) is 21.9. The molecule has 0 atom stereocenters. The Hall–Kier alpha value is -1.75. The maximum atomic E-state index is 12.5. The zero-order chi connectivity index (χ0) is 15.4. The minimum atomic E-state index is -0.136. The van der Waals surface area contributed by atoms with Gasteiger partial charge in [0.15, 0.2) is 0 Å². The fourth-order valence-corrected chi connectivity index (χ4v) is 2.93. The van der Waals surface area contributed by atoms with Crippen LogP contribution in [0.15, 0.2) is 18.2 Å². The third-order valence-corrected chi connectivity index (χ3v) is 4.41. The molecule has 1 saturated carbocycles. The number of amides is 1. The van der Waals surface area contributed by atoms with E-state index in [1.165, 1.54) is 13.2 Å². The van der Waals surface area contributed by atoms with Crippen molar-refractivity contribution in [3.63, 3.8) is 0 Å². The summed E-state index contributed by atoms with van der Waals surface area (Å²) in [6.07, 6.45) is 4.14. The molecule has 0 heterocycles. The number of methoxy groups -OCH3 is 1. The van der Waals surface area contributed by atoms with Crippen molar-refractivity contribution in [3.05, 3.63) is 23.8 Å². The third-order valence-electron chi connectivity index (χ3n) is 4.41. The summed E-state index contributed by atoms with van der Waals surface area (Å²) in [6.45, 7) is 0. The molecular weight excluding hydrogens is 268 g/mol. The van der Waals surface area contributed by atoms with Crippen molar-refractivity contribution in [3.8, 4) is 11.5 Å². The smallest absolute Gasteiger partial charge is 0.257 e. The Labute approximate surface area is 125 Å². The first-order valence-electron chi connectivity index (χ1n) is 7.38. The van der Waals surface area contributed by atoms with Crippen LogP contribution in [0.4, 0.5) is 0 Å². The number of phenols is 1. The average Bonchev–Trinajstić information content (AvgIpc) is 2.53. The minimum Gasteiger partial charge on any atom is -0.507 e. The number of hydrogen-bond acceptors (Lipinski definition) is 4. The summed E-state index contributed by atoms with van der Waals surface area (Å²) < 4.78 is 5.04. The Kier molecular flexibility index (Phi) is 5.07. The molecule has 5 heteroatoms. The van der Waals surface area contributed by atoms with Crippen LogP contribution in [0.5, 0.6) is 11.5 Å². The summed E-state index contributed by atoms with van der Waals surface area (Å²) in [4.78, 5) is 14.3. The maximum Gasteiger partial charge on any atom is 0.257 e. The van der Waals surface area contributed by atoms with E-state index in [9.17, 15) is 9.90 Å². The van der Waals surface area contributed by atoms with Gasteiger partial charge in [0.05, 0.1) is 12.7 Å². The Morgan fingerprint density at radius 3 is 2.52 bits per heavy atom. The topological polar surface area (TPSA) is 61.8 Å². The molecule has 1 aliphatic rings. The molecule has 1 amide bonds. The molecule has 0 spiro atoms. The largest absolute Gasteiger partial charge is 0.507 e. The fraction of sp³-hybridized carbons (Fsp3) is 0.562. The lowest BCUT2D eigenvalue weighted by atomic mass is 9.90. The number of carbonyl (C=O) groups is 1. The van der Waals surface area contributed by atoms with E-state index in [0.717, 1.165) is 25.7 Å². The first kappa shape index (κ1) is 15.6. The number of aromatic hydroxyl groups is 1. The molecule has 1 aromatic carbocycles. The molecule has 0 saturated heterocycles. The van der Waals surface area contributed by atoms with Crippen molar-refractivity contribution in [2.24, 2.45) is 0 Å². The van der Waals surface area contributed by atoms with Gasteiger partial charge in [0.1, 0.15) is 11.5 Å². The number of benzene rings is 1. The van der Waals surface area contributed by atoms with E-state index in [0.29, 0.717) is 17.4 Å². The van der Waals surface area contributed by atoms with Gasteiger partial charge in [0, 0.05) is 25.2 Å². The van der Waals surface area contributed by atoms with Gasteiger partial charge in [-0.05, 0) is 44.9 Å². The van der Waals surface area contributed by atoms with Gasteiger partial charge in [-0.25, -0.2) is 0 Å². The highest BCUT2D eigenvalue weighted by atomic mass is 16.5. The van der Waals surface area contributed by atoms with E-state index in [4.69, 9.17) is 4.74 Å². The summed E-state index contributed by atoms with van der Waals surface area (Å²) in [5, 5.41) is 13.3. The van der Waals surface area contributed by atoms with E-state index in [2.05, 4.69) is 5.32 Å². The van der Waals surface area contributed by atoms with Gasteiger partial charge in [-0.2, -0.15) is 0 Å². The van der Waals surface area contributed by atoms with Crippen LogP contribution in [0.25, 0.3) is 0 Å². The van der Waals surface area contributed by atoms with Crippen LogP contribution in [0.1, 0.15) is 36.0 Å². The van der Waals surface area contributed by atoms with Gasteiger partial charge in [-0.1, -0.05) is 0 Å². The van der Waals surface area contributed by atoms with Crippen LogP contribution in [0, 0.1) is 0 Å². The number of nitrogens with zero attached hydrogens (tertiary/aromatic N) is 1. The minimum absolute atomic E-state index is 0.0323. The zero-order valence-corrected chi connectivity index (χ0v) is 12.9. The lowest BCUT2D eigenvalue weighted by Gasteiger charge is -2.34. The van der Waals surface area contributed by atoms with Gasteiger partial charge >= 0.3 is 0 Å². The van der Waals surface area contributed by atoms with E-state index in [1.54, 1.807) is 17.0 Å². The lowest BCUT2D eigenvalue weighted by Crippen LogP contribution is -2.42. The molecule has 1 fully saturated rings. The highest BCUT2D eigenvalue weighted by Gasteiger charge is 2.27. The predicted molar refractivity (Wildman–Crippen MR) is 81.9 cm³/mol.